The van der Waals surface area contributed by atoms with Gasteiger partial charge in [-0.1, -0.05) is 6.07 Å². The third-order valence-electron chi connectivity index (χ3n) is 4.34. The van der Waals surface area contributed by atoms with Gasteiger partial charge in [0.2, 0.25) is 11.8 Å². The van der Waals surface area contributed by atoms with Gasteiger partial charge in [-0.15, -0.1) is 0 Å². The number of oxazole rings is 1. The van der Waals surface area contributed by atoms with E-state index in [9.17, 15) is 4.79 Å². The maximum absolute atomic E-state index is 12.2. The number of hydrogen-bond donors (Lipinski definition) is 1. The predicted octanol–water partition coefficient (Wildman–Crippen LogP) is 2.47. The number of hydrogen-bond acceptors (Lipinski definition) is 6. The minimum Gasteiger partial charge on any atom is -0.497 e. The van der Waals surface area contributed by atoms with Crippen molar-refractivity contribution in [2.24, 2.45) is 0 Å². The van der Waals surface area contributed by atoms with Crippen LogP contribution in [0.4, 0.5) is 0 Å². The lowest BCUT2D eigenvalue weighted by atomic mass is 10.2. The average molecular weight is 360 g/mol. The molecule has 0 aliphatic carbocycles. The second kappa shape index (κ2) is 7.88. The van der Waals surface area contributed by atoms with Crippen molar-refractivity contribution < 1.29 is 23.4 Å². The Morgan fingerprint density at radius 3 is 2.85 bits per heavy atom. The number of methoxy groups -OCH3 is 1. The number of nitrogens with one attached hydrogen (secondary N) is 1. The fourth-order valence-electron chi connectivity index (χ4n) is 2.82. The summed E-state index contributed by atoms with van der Waals surface area (Å²) in [6, 6.07) is 7.46. The Hall–Kier alpha value is -2.38. The largest absolute Gasteiger partial charge is 0.497 e. The van der Waals surface area contributed by atoms with Crippen LogP contribution in [0, 0.1) is 6.92 Å². The summed E-state index contributed by atoms with van der Waals surface area (Å²) in [7, 11) is 1.61. The summed E-state index contributed by atoms with van der Waals surface area (Å²) in [6.07, 6.45) is 0.767. The Morgan fingerprint density at radius 1 is 1.35 bits per heavy atom. The first kappa shape index (κ1) is 18.4. The van der Waals surface area contributed by atoms with Crippen molar-refractivity contribution in [2.75, 3.05) is 26.9 Å². The van der Waals surface area contributed by atoms with Crippen molar-refractivity contribution in [2.45, 2.75) is 32.5 Å². The highest BCUT2D eigenvalue weighted by Gasteiger charge is 2.30. The molecule has 2 aromatic rings. The number of aromatic nitrogens is 1. The van der Waals surface area contributed by atoms with Crippen LogP contribution in [0.1, 0.15) is 24.8 Å². The zero-order valence-corrected chi connectivity index (χ0v) is 15.3. The summed E-state index contributed by atoms with van der Waals surface area (Å²) in [5.41, 5.74) is 1.43. The number of ether oxygens (including phenoxy) is 3. The van der Waals surface area contributed by atoms with Gasteiger partial charge in [0.15, 0.2) is 5.79 Å². The highest BCUT2D eigenvalue weighted by Crippen LogP contribution is 2.25. The molecule has 26 heavy (non-hydrogen) atoms. The van der Waals surface area contributed by atoms with E-state index in [1.165, 1.54) is 0 Å². The van der Waals surface area contributed by atoms with E-state index in [1.807, 2.05) is 31.2 Å². The standard InChI is InChI=1S/C19H24N2O5/c1-13-16(12-17(22)20-8-7-19(2)24-9-10-25-19)21-18(26-13)14-5-4-6-15(11-14)23-3/h4-6,11H,7-10,12H2,1-3H3,(H,20,22). The van der Waals surface area contributed by atoms with Crippen molar-refractivity contribution in [3.63, 3.8) is 0 Å². The molecule has 2 heterocycles. The number of aryl methyl sites for hydroxylation is 1. The lowest BCUT2D eigenvalue weighted by molar-refractivity contribution is -0.146. The SMILES string of the molecule is COc1cccc(-c2nc(CC(=O)NCCC3(C)OCCO3)c(C)o2)c1. The molecule has 0 unspecified atom stereocenters. The van der Waals surface area contributed by atoms with Crippen LogP contribution in [-0.2, 0) is 20.7 Å². The molecule has 1 fully saturated rings. The maximum atomic E-state index is 12.2. The molecule has 1 aliphatic heterocycles. The first-order chi connectivity index (χ1) is 12.5. The molecule has 0 bridgehead atoms. The first-order valence-corrected chi connectivity index (χ1v) is 8.64. The molecular formula is C19H24N2O5. The molecule has 1 amide bonds. The molecule has 1 aliphatic rings. The van der Waals surface area contributed by atoms with Crippen LogP contribution in [-0.4, -0.2) is 43.5 Å². The number of amides is 1. The summed E-state index contributed by atoms with van der Waals surface area (Å²) in [4.78, 5) is 16.7. The van der Waals surface area contributed by atoms with Crippen molar-refractivity contribution in [3.8, 4) is 17.2 Å². The quantitative estimate of drug-likeness (QED) is 0.817. The minimum absolute atomic E-state index is 0.111. The first-order valence-electron chi connectivity index (χ1n) is 8.64. The van der Waals surface area contributed by atoms with Crippen LogP contribution in [0.3, 0.4) is 0 Å². The fourth-order valence-corrected chi connectivity index (χ4v) is 2.82. The smallest absolute Gasteiger partial charge is 0.226 e. The Kier molecular flexibility index (Phi) is 5.58. The van der Waals surface area contributed by atoms with Crippen LogP contribution < -0.4 is 10.1 Å². The van der Waals surface area contributed by atoms with E-state index in [1.54, 1.807) is 14.0 Å². The Bertz CT molecular complexity index is 765. The van der Waals surface area contributed by atoms with Crippen LogP contribution >= 0.6 is 0 Å². The number of nitrogens with zero attached hydrogens (tertiary/aromatic N) is 1. The molecular weight excluding hydrogens is 336 g/mol. The van der Waals surface area contributed by atoms with Gasteiger partial charge < -0.3 is 23.9 Å². The van der Waals surface area contributed by atoms with Gasteiger partial charge in [-0.25, -0.2) is 4.98 Å². The molecule has 1 saturated heterocycles. The maximum Gasteiger partial charge on any atom is 0.226 e. The number of carbonyl (C=O) groups excluding carboxylic acids is 1. The number of rotatable bonds is 7. The third kappa shape index (κ3) is 4.42. The molecule has 0 saturated carbocycles. The molecule has 1 aromatic carbocycles. The van der Waals surface area contributed by atoms with E-state index in [0.717, 1.165) is 11.3 Å². The van der Waals surface area contributed by atoms with E-state index < -0.39 is 5.79 Å². The molecule has 3 rings (SSSR count). The zero-order chi connectivity index (χ0) is 18.6. The Balaban J connectivity index is 1.57. The van der Waals surface area contributed by atoms with E-state index in [-0.39, 0.29) is 12.3 Å². The number of carbonyl (C=O) groups is 1. The highest BCUT2D eigenvalue weighted by atomic mass is 16.7. The van der Waals surface area contributed by atoms with Gasteiger partial charge >= 0.3 is 0 Å². The summed E-state index contributed by atoms with van der Waals surface area (Å²) < 4.78 is 22.0. The van der Waals surface area contributed by atoms with Crippen molar-refractivity contribution in [1.82, 2.24) is 10.3 Å². The van der Waals surface area contributed by atoms with Gasteiger partial charge in [0.05, 0.1) is 32.4 Å². The van der Waals surface area contributed by atoms with Crippen LogP contribution in [0.25, 0.3) is 11.5 Å². The Labute approximate surface area is 152 Å². The van der Waals surface area contributed by atoms with Crippen molar-refractivity contribution in [1.29, 1.82) is 0 Å². The van der Waals surface area contributed by atoms with E-state index in [4.69, 9.17) is 18.6 Å². The van der Waals surface area contributed by atoms with E-state index in [2.05, 4.69) is 10.3 Å². The second-order valence-corrected chi connectivity index (χ2v) is 6.36. The van der Waals surface area contributed by atoms with Gasteiger partial charge in [0, 0.05) is 18.5 Å². The zero-order valence-electron chi connectivity index (χ0n) is 15.3. The topological polar surface area (TPSA) is 82.8 Å². The van der Waals surface area contributed by atoms with Crippen LogP contribution in [0.2, 0.25) is 0 Å². The van der Waals surface area contributed by atoms with Gasteiger partial charge in [-0.05, 0) is 32.0 Å². The third-order valence-corrected chi connectivity index (χ3v) is 4.34. The molecule has 7 nitrogen and oxygen atoms in total. The number of benzene rings is 1. The Morgan fingerprint density at radius 2 is 2.12 bits per heavy atom. The molecule has 7 heteroatoms. The van der Waals surface area contributed by atoms with Crippen LogP contribution in [0.5, 0.6) is 5.75 Å². The van der Waals surface area contributed by atoms with E-state index in [0.29, 0.717) is 43.5 Å². The second-order valence-electron chi connectivity index (χ2n) is 6.36. The molecule has 1 aromatic heterocycles. The summed E-state index contributed by atoms with van der Waals surface area (Å²) in [5.74, 6) is 1.12. The molecule has 0 atom stereocenters. The molecule has 0 spiro atoms. The highest BCUT2D eigenvalue weighted by molar-refractivity contribution is 5.78. The lowest BCUT2D eigenvalue weighted by Gasteiger charge is -2.22. The average Bonchev–Trinajstić information content (AvgIpc) is 3.21. The van der Waals surface area contributed by atoms with Gasteiger partial charge in [0.25, 0.3) is 0 Å². The normalized spacial score (nSPS) is 15.8. The van der Waals surface area contributed by atoms with E-state index >= 15 is 0 Å². The van der Waals surface area contributed by atoms with Crippen molar-refractivity contribution in [3.05, 3.63) is 35.7 Å². The van der Waals surface area contributed by atoms with Gasteiger partial charge in [0.1, 0.15) is 11.5 Å². The summed E-state index contributed by atoms with van der Waals surface area (Å²) >= 11 is 0. The van der Waals surface area contributed by atoms with Gasteiger partial charge in [-0.2, -0.15) is 0 Å². The molecule has 0 radical (unpaired) electrons. The summed E-state index contributed by atoms with van der Waals surface area (Å²) in [6.45, 7) is 5.36. The molecule has 140 valence electrons. The van der Waals surface area contributed by atoms with Crippen molar-refractivity contribution >= 4 is 5.91 Å². The van der Waals surface area contributed by atoms with Crippen LogP contribution in [0.15, 0.2) is 28.7 Å². The fraction of sp³-hybridized carbons (Fsp3) is 0.474. The lowest BCUT2D eigenvalue weighted by Crippen LogP contribution is -2.34. The molecule has 1 N–H and O–H groups in total. The minimum atomic E-state index is -0.601. The monoisotopic (exact) mass is 360 g/mol. The predicted molar refractivity (Wildman–Crippen MR) is 94.9 cm³/mol. The van der Waals surface area contributed by atoms with Gasteiger partial charge in [-0.3, -0.25) is 4.79 Å². The summed E-state index contributed by atoms with van der Waals surface area (Å²) in [5, 5.41) is 2.88.